The van der Waals surface area contributed by atoms with E-state index in [9.17, 15) is 0 Å². The van der Waals surface area contributed by atoms with Gasteiger partial charge in [-0.1, -0.05) is 96.6 Å². The van der Waals surface area contributed by atoms with Gasteiger partial charge in [-0.3, -0.25) is 0 Å². The summed E-state index contributed by atoms with van der Waals surface area (Å²) in [6.45, 7) is 5.28. The van der Waals surface area contributed by atoms with Crippen LogP contribution in [0, 0.1) is 0 Å². The Hall–Kier alpha value is -1.10. The zero-order chi connectivity index (χ0) is 22.8. The molecular weight excluding hydrogens is 388 g/mol. The van der Waals surface area contributed by atoms with Gasteiger partial charge in [0.25, 0.3) is 5.97 Å². The summed E-state index contributed by atoms with van der Waals surface area (Å²) in [4.78, 5) is 0. The third kappa shape index (κ3) is 10.4. The molecule has 1 aromatic rings. The summed E-state index contributed by atoms with van der Waals surface area (Å²) in [6, 6.07) is 8.38. The number of unbranched alkanes of at least 4 members (excludes halogenated alkanes) is 10. The lowest BCUT2D eigenvalue weighted by Gasteiger charge is -2.36. The minimum atomic E-state index is -1.07. The maximum Gasteiger partial charge on any atom is 0.289 e. The summed E-state index contributed by atoms with van der Waals surface area (Å²) in [6.07, 6.45) is 16.1. The summed E-state index contributed by atoms with van der Waals surface area (Å²) >= 11 is 0. The molecule has 0 saturated heterocycles. The summed E-state index contributed by atoms with van der Waals surface area (Å²) in [7, 11) is 4.96. The van der Waals surface area contributed by atoms with Crippen molar-refractivity contribution < 1.29 is 18.9 Å². The number of methoxy groups -OCH3 is 3. The van der Waals surface area contributed by atoms with E-state index >= 15 is 0 Å². The van der Waals surface area contributed by atoms with Crippen LogP contribution in [0.2, 0.25) is 0 Å². The van der Waals surface area contributed by atoms with E-state index in [0.29, 0.717) is 0 Å². The van der Waals surface area contributed by atoms with E-state index in [1.807, 2.05) is 0 Å². The Labute approximate surface area is 192 Å². The number of benzene rings is 1. The van der Waals surface area contributed by atoms with E-state index in [4.69, 9.17) is 18.9 Å². The lowest BCUT2D eigenvalue weighted by Crippen LogP contribution is -2.42. The van der Waals surface area contributed by atoms with Crippen molar-refractivity contribution >= 4 is 0 Å². The second kappa shape index (κ2) is 17.5. The molecular formula is C27H48O4. The predicted molar refractivity (Wildman–Crippen MR) is 130 cm³/mol. The van der Waals surface area contributed by atoms with Crippen LogP contribution in [-0.2, 0) is 14.2 Å². The highest BCUT2D eigenvalue weighted by Gasteiger charge is 2.40. The molecule has 0 bridgehead atoms. The van der Waals surface area contributed by atoms with Gasteiger partial charge in [0.15, 0.2) is 0 Å². The maximum absolute atomic E-state index is 5.95. The molecule has 0 saturated carbocycles. The van der Waals surface area contributed by atoms with Gasteiger partial charge in [0.2, 0.25) is 0 Å². The predicted octanol–water partition coefficient (Wildman–Crippen LogP) is 7.85. The van der Waals surface area contributed by atoms with Crippen LogP contribution in [-0.4, -0.2) is 33.9 Å². The quantitative estimate of drug-likeness (QED) is 0.154. The van der Waals surface area contributed by atoms with E-state index in [-0.39, 0.29) is 5.92 Å². The highest BCUT2D eigenvalue weighted by Crippen LogP contribution is 2.37. The zero-order valence-corrected chi connectivity index (χ0v) is 20.9. The fourth-order valence-electron chi connectivity index (χ4n) is 4.22. The number of rotatable bonds is 20. The van der Waals surface area contributed by atoms with Gasteiger partial charge in [-0.2, -0.15) is 0 Å². The minimum absolute atomic E-state index is 0.00582. The Kier molecular flexibility index (Phi) is 15.7. The molecule has 0 spiro atoms. The first-order chi connectivity index (χ1) is 15.2. The van der Waals surface area contributed by atoms with Gasteiger partial charge >= 0.3 is 0 Å². The maximum atomic E-state index is 5.95. The molecule has 1 atom stereocenters. The fraction of sp³-hybridized carbons (Fsp3) is 0.778. The highest BCUT2D eigenvalue weighted by atomic mass is 16.9. The molecule has 0 aliphatic rings. The second-order valence-electron chi connectivity index (χ2n) is 8.51. The second-order valence-corrected chi connectivity index (χ2v) is 8.51. The van der Waals surface area contributed by atoms with Crippen molar-refractivity contribution in [1.29, 1.82) is 0 Å². The Balaban J connectivity index is 2.64. The van der Waals surface area contributed by atoms with Gasteiger partial charge in [0.05, 0.1) is 12.5 Å². The molecule has 4 heteroatoms. The summed E-state index contributed by atoms with van der Waals surface area (Å²) in [5, 5.41) is 0. The van der Waals surface area contributed by atoms with Crippen molar-refractivity contribution in [3.63, 3.8) is 0 Å². The number of hydrogen-bond donors (Lipinski definition) is 0. The lowest BCUT2D eigenvalue weighted by atomic mass is 9.90. The molecule has 0 fully saturated rings. The van der Waals surface area contributed by atoms with Crippen LogP contribution in [0.25, 0.3) is 0 Å². The van der Waals surface area contributed by atoms with Crippen molar-refractivity contribution in [2.24, 2.45) is 0 Å². The van der Waals surface area contributed by atoms with Crippen LogP contribution >= 0.6 is 0 Å². The van der Waals surface area contributed by atoms with E-state index in [0.717, 1.165) is 37.2 Å². The topological polar surface area (TPSA) is 36.9 Å². The minimum Gasteiger partial charge on any atom is -0.494 e. The van der Waals surface area contributed by atoms with Crippen LogP contribution in [0.4, 0.5) is 0 Å². The first kappa shape index (κ1) is 27.9. The molecule has 1 rings (SSSR count). The molecule has 0 N–H and O–H groups in total. The molecule has 0 amide bonds. The summed E-state index contributed by atoms with van der Waals surface area (Å²) in [5.41, 5.74) is 1.16. The Morgan fingerprint density at radius 1 is 0.645 bits per heavy atom. The highest BCUT2D eigenvalue weighted by molar-refractivity contribution is 5.30. The van der Waals surface area contributed by atoms with Crippen LogP contribution in [0.5, 0.6) is 5.75 Å². The number of hydrogen-bond acceptors (Lipinski definition) is 4. The molecule has 0 aliphatic carbocycles. The Morgan fingerprint density at radius 2 is 1.13 bits per heavy atom. The first-order valence-corrected chi connectivity index (χ1v) is 12.6. The smallest absolute Gasteiger partial charge is 0.289 e. The average molecular weight is 437 g/mol. The molecule has 0 radical (unpaired) electrons. The Morgan fingerprint density at radius 3 is 1.65 bits per heavy atom. The lowest BCUT2D eigenvalue weighted by molar-refractivity contribution is -0.365. The summed E-state index contributed by atoms with van der Waals surface area (Å²) < 4.78 is 23.1. The van der Waals surface area contributed by atoms with Gasteiger partial charge in [-0.15, -0.1) is 0 Å². The molecule has 1 unspecified atom stereocenters. The van der Waals surface area contributed by atoms with Crippen LogP contribution in [0.1, 0.15) is 109 Å². The van der Waals surface area contributed by atoms with E-state index < -0.39 is 5.97 Å². The van der Waals surface area contributed by atoms with Gasteiger partial charge in [-0.25, -0.2) is 0 Å². The first-order valence-electron chi connectivity index (χ1n) is 12.6. The van der Waals surface area contributed by atoms with Crippen molar-refractivity contribution in [3.8, 4) is 5.75 Å². The van der Waals surface area contributed by atoms with Gasteiger partial charge < -0.3 is 18.9 Å². The largest absolute Gasteiger partial charge is 0.494 e. The molecule has 180 valence electrons. The van der Waals surface area contributed by atoms with Crippen molar-refractivity contribution in [3.05, 3.63) is 29.8 Å². The molecule has 0 aromatic heterocycles. The van der Waals surface area contributed by atoms with E-state index in [1.54, 1.807) is 21.3 Å². The van der Waals surface area contributed by atoms with Gasteiger partial charge in [0.1, 0.15) is 5.75 Å². The molecule has 0 heterocycles. The molecule has 0 aliphatic heterocycles. The third-order valence-electron chi connectivity index (χ3n) is 6.18. The molecule has 1 aromatic carbocycles. The molecule has 31 heavy (non-hydrogen) atoms. The Bertz CT molecular complexity index is 516. The average Bonchev–Trinajstić information content (AvgIpc) is 2.81. The summed E-state index contributed by atoms with van der Waals surface area (Å²) in [5.74, 6) is -0.135. The van der Waals surface area contributed by atoms with Crippen molar-refractivity contribution in [2.45, 2.75) is 109 Å². The third-order valence-corrected chi connectivity index (χ3v) is 6.18. The molecule has 4 nitrogen and oxygen atoms in total. The van der Waals surface area contributed by atoms with Gasteiger partial charge in [0, 0.05) is 21.3 Å². The zero-order valence-electron chi connectivity index (χ0n) is 20.9. The standard InChI is InChI=1S/C27H48O4/c1-6-8-10-12-14-16-18-26(27(28-3,29-4)30-5)24-19-21-25(22-20-24)31-23-17-15-13-11-9-7-2/h19-22,26H,6-18,23H2,1-5H3. The van der Waals surface area contributed by atoms with Crippen LogP contribution < -0.4 is 4.74 Å². The van der Waals surface area contributed by atoms with Crippen LogP contribution in [0.3, 0.4) is 0 Å². The SMILES string of the molecule is CCCCCCCCOc1ccc(C(CCCCCCCC)C(OC)(OC)OC)cc1. The van der Waals surface area contributed by atoms with Gasteiger partial charge in [-0.05, 0) is 30.5 Å². The fourth-order valence-corrected chi connectivity index (χ4v) is 4.22. The van der Waals surface area contributed by atoms with Crippen molar-refractivity contribution in [2.75, 3.05) is 27.9 Å². The van der Waals surface area contributed by atoms with Crippen molar-refractivity contribution in [1.82, 2.24) is 0 Å². The monoisotopic (exact) mass is 436 g/mol. The van der Waals surface area contributed by atoms with E-state index in [2.05, 4.69) is 38.1 Å². The number of ether oxygens (including phenoxy) is 4. The normalized spacial score (nSPS) is 12.8. The van der Waals surface area contributed by atoms with E-state index in [1.165, 1.54) is 64.2 Å². The van der Waals surface area contributed by atoms with Crippen LogP contribution in [0.15, 0.2) is 24.3 Å².